The molecule has 3 nitrogen and oxygen atoms in total. The van der Waals surface area contributed by atoms with Crippen LogP contribution in [-0.4, -0.2) is 10.9 Å². The average molecular weight is 314 g/mol. The van der Waals surface area contributed by atoms with E-state index in [1.165, 1.54) is 25.7 Å². The van der Waals surface area contributed by atoms with Crippen molar-refractivity contribution in [3.8, 4) is 10.6 Å². The molecule has 1 saturated carbocycles. The summed E-state index contributed by atoms with van der Waals surface area (Å²) in [5, 5.41) is 5.10. The maximum Gasteiger partial charge on any atom is 0.220 e. The minimum atomic E-state index is 0.160. The summed E-state index contributed by atoms with van der Waals surface area (Å²) in [5.74, 6) is 0.929. The fourth-order valence-corrected chi connectivity index (χ4v) is 3.89. The van der Waals surface area contributed by atoms with Crippen LogP contribution in [0.5, 0.6) is 0 Å². The molecule has 22 heavy (non-hydrogen) atoms. The Balaban J connectivity index is 1.54. The standard InChI is InChI=1S/C18H22N2OS/c21-17(10-9-14-5-1-2-6-14)20-13-15-7-3-11-19-18(15)16-8-4-12-22-16/h3-4,7-8,11-12,14H,1-2,5-6,9-10,13H2,(H,20,21). The number of nitrogens with zero attached hydrogens (tertiary/aromatic N) is 1. The molecule has 0 aromatic carbocycles. The minimum absolute atomic E-state index is 0.160. The van der Waals surface area contributed by atoms with Gasteiger partial charge in [0.05, 0.1) is 10.6 Å². The zero-order valence-corrected chi connectivity index (χ0v) is 13.6. The van der Waals surface area contributed by atoms with Crippen LogP contribution in [0.2, 0.25) is 0 Å². The Morgan fingerprint density at radius 2 is 2.14 bits per heavy atom. The number of nitrogens with one attached hydrogen (secondary N) is 1. The molecule has 4 heteroatoms. The lowest BCUT2D eigenvalue weighted by Gasteiger charge is -2.10. The van der Waals surface area contributed by atoms with Crippen molar-refractivity contribution in [1.29, 1.82) is 0 Å². The van der Waals surface area contributed by atoms with Crippen LogP contribution in [0.4, 0.5) is 0 Å². The molecule has 0 atom stereocenters. The number of pyridine rings is 1. The first-order valence-electron chi connectivity index (χ1n) is 8.07. The number of carbonyl (C=O) groups excluding carboxylic acids is 1. The van der Waals surface area contributed by atoms with E-state index in [4.69, 9.17) is 0 Å². The van der Waals surface area contributed by atoms with Crippen LogP contribution >= 0.6 is 11.3 Å². The van der Waals surface area contributed by atoms with Crippen LogP contribution in [0, 0.1) is 5.92 Å². The van der Waals surface area contributed by atoms with E-state index in [0.29, 0.717) is 13.0 Å². The molecule has 1 N–H and O–H groups in total. The van der Waals surface area contributed by atoms with E-state index in [2.05, 4.69) is 16.4 Å². The summed E-state index contributed by atoms with van der Waals surface area (Å²) in [6, 6.07) is 8.06. The zero-order valence-electron chi connectivity index (χ0n) is 12.8. The smallest absolute Gasteiger partial charge is 0.220 e. The Morgan fingerprint density at radius 3 is 2.91 bits per heavy atom. The predicted molar refractivity (Wildman–Crippen MR) is 90.6 cm³/mol. The van der Waals surface area contributed by atoms with Crippen molar-refractivity contribution in [1.82, 2.24) is 10.3 Å². The van der Waals surface area contributed by atoms with Crippen molar-refractivity contribution in [2.45, 2.75) is 45.1 Å². The maximum absolute atomic E-state index is 12.0. The lowest BCUT2D eigenvalue weighted by molar-refractivity contribution is -0.121. The van der Waals surface area contributed by atoms with E-state index in [1.807, 2.05) is 23.6 Å². The summed E-state index contributed by atoms with van der Waals surface area (Å²) in [7, 11) is 0. The van der Waals surface area contributed by atoms with E-state index >= 15 is 0 Å². The predicted octanol–water partition coefficient (Wildman–Crippen LogP) is 4.40. The van der Waals surface area contributed by atoms with Crippen molar-refractivity contribution in [3.05, 3.63) is 41.4 Å². The monoisotopic (exact) mass is 314 g/mol. The number of aromatic nitrogens is 1. The molecule has 0 aliphatic heterocycles. The Hall–Kier alpha value is -1.68. The number of amides is 1. The highest BCUT2D eigenvalue weighted by Crippen LogP contribution is 2.28. The molecule has 0 spiro atoms. The average Bonchev–Trinajstić information content (AvgIpc) is 3.24. The van der Waals surface area contributed by atoms with Gasteiger partial charge in [-0.1, -0.05) is 37.8 Å². The van der Waals surface area contributed by atoms with Gasteiger partial charge in [-0.25, -0.2) is 0 Å². The maximum atomic E-state index is 12.0. The molecular formula is C18H22N2OS. The van der Waals surface area contributed by atoms with Crippen molar-refractivity contribution in [3.63, 3.8) is 0 Å². The van der Waals surface area contributed by atoms with Gasteiger partial charge in [-0.15, -0.1) is 11.3 Å². The van der Waals surface area contributed by atoms with Crippen LogP contribution in [0.25, 0.3) is 10.6 Å². The molecule has 2 aromatic heterocycles. The minimum Gasteiger partial charge on any atom is -0.352 e. The van der Waals surface area contributed by atoms with Crippen molar-refractivity contribution < 1.29 is 4.79 Å². The molecule has 0 unspecified atom stereocenters. The van der Waals surface area contributed by atoms with Gasteiger partial charge >= 0.3 is 0 Å². The van der Waals surface area contributed by atoms with E-state index < -0.39 is 0 Å². The van der Waals surface area contributed by atoms with Crippen molar-refractivity contribution >= 4 is 17.2 Å². The second-order valence-corrected chi connectivity index (χ2v) is 6.90. The number of rotatable bonds is 6. The Morgan fingerprint density at radius 1 is 1.27 bits per heavy atom. The van der Waals surface area contributed by atoms with Crippen LogP contribution < -0.4 is 5.32 Å². The largest absolute Gasteiger partial charge is 0.352 e. The lowest BCUT2D eigenvalue weighted by Crippen LogP contribution is -2.23. The van der Waals surface area contributed by atoms with E-state index in [0.717, 1.165) is 28.5 Å². The van der Waals surface area contributed by atoms with E-state index in [1.54, 1.807) is 17.5 Å². The third kappa shape index (κ3) is 3.95. The van der Waals surface area contributed by atoms with Gasteiger partial charge < -0.3 is 5.32 Å². The van der Waals surface area contributed by atoms with Gasteiger partial charge in [0.15, 0.2) is 0 Å². The molecule has 3 rings (SSSR count). The molecule has 116 valence electrons. The highest BCUT2D eigenvalue weighted by molar-refractivity contribution is 7.13. The van der Waals surface area contributed by atoms with Crippen LogP contribution in [0.3, 0.4) is 0 Å². The summed E-state index contributed by atoms with van der Waals surface area (Å²) >= 11 is 1.68. The molecular weight excluding hydrogens is 292 g/mol. The van der Waals surface area contributed by atoms with E-state index in [9.17, 15) is 4.79 Å². The number of hydrogen-bond acceptors (Lipinski definition) is 3. The summed E-state index contributed by atoms with van der Waals surface area (Å²) in [4.78, 5) is 17.7. The van der Waals surface area contributed by atoms with E-state index in [-0.39, 0.29) is 5.91 Å². The molecule has 0 bridgehead atoms. The normalized spacial score (nSPS) is 15.1. The van der Waals surface area contributed by atoms with Gasteiger partial charge in [-0.3, -0.25) is 9.78 Å². The fraction of sp³-hybridized carbons (Fsp3) is 0.444. The fourth-order valence-electron chi connectivity index (χ4n) is 3.13. The molecule has 0 saturated heterocycles. The number of hydrogen-bond donors (Lipinski definition) is 1. The van der Waals surface area contributed by atoms with Gasteiger partial charge in [-0.05, 0) is 35.4 Å². The third-order valence-corrected chi connectivity index (χ3v) is 5.25. The summed E-state index contributed by atoms with van der Waals surface area (Å²) < 4.78 is 0. The Kier molecular flexibility index (Phi) is 5.22. The van der Waals surface area contributed by atoms with Crippen LogP contribution in [-0.2, 0) is 11.3 Å². The lowest BCUT2D eigenvalue weighted by atomic mass is 10.0. The molecule has 1 aliphatic rings. The van der Waals surface area contributed by atoms with Gasteiger partial charge in [0.25, 0.3) is 0 Å². The first kappa shape index (κ1) is 15.2. The van der Waals surface area contributed by atoms with Gasteiger partial charge in [0.1, 0.15) is 0 Å². The molecule has 1 aliphatic carbocycles. The summed E-state index contributed by atoms with van der Waals surface area (Å²) in [6.45, 7) is 0.560. The van der Waals surface area contributed by atoms with Crippen LogP contribution in [0.15, 0.2) is 35.8 Å². The zero-order chi connectivity index (χ0) is 15.2. The van der Waals surface area contributed by atoms with Crippen LogP contribution in [0.1, 0.15) is 44.1 Å². The SMILES string of the molecule is O=C(CCC1CCCC1)NCc1cccnc1-c1cccs1. The summed E-state index contributed by atoms with van der Waals surface area (Å²) in [6.07, 6.45) is 8.78. The molecule has 2 aromatic rings. The third-order valence-electron chi connectivity index (χ3n) is 4.38. The van der Waals surface area contributed by atoms with Gasteiger partial charge in [0, 0.05) is 19.2 Å². The Bertz CT molecular complexity index is 603. The van der Waals surface area contributed by atoms with Gasteiger partial charge in [0.2, 0.25) is 5.91 Å². The summed E-state index contributed by atoms with van der Waals surface area (Å²) in [5.41, 5.74) is 2.06. The molecule has 1 amide bonds. The first-order valence-corrected chi connectivity index (χ1v) is 8.95. The van der Waals surface area contributed by atoms with Gasteiger partial charge in [-0.2, -0.15) is 0 Å². The second-order valence-electron chi connectivity index (χ2n) is 5.95. The second kappa shape index (κ2) is 7.54. The Labute approximate surface area is 135 Å². The number of carbonyl (C=O) groups is 1. The molecule has 0 radical (unpaired) electrons. The first-order chi connectivity index (χ1) is 10.8. The molecule has 2 heterocycles. The quantitative estimate of drug-likeness (QED) is 0.859. The number of thiophene rings is 1. The van der Waals surface area contributed by atoms with Crippen molar-refractivity contribution in [2.24, 2.45) is 5.92 Å². The highest BCUT2D eigenvalue weighted by Gasteiger charge is 2.16. The highest BCUT2D eigenvalue weighted by atomic mass is 32.1. The molecule has 1 fully saturated rings. The topological polar surface area (TPSA) is 42.0 Å². The van der Waals surface area contributed by atoms with Crippen molar-refractivity contribution in [2.75, 3.05) is 0 Å².